The molecule has 3 aromatic carbocycles. The summed E-state index contributed by atoms with van der Waals surface area (Å²) in [6, 6.07) is 19.8. The number of fused-ring (bicyclic) bond motifs is 1. The van der Waals surface area contributed by atoms with Gasteiger partial charge in [0.05, 0.1) is 16.5 Å². The molecule has 0 saturated heterocycles. The van der Waals surface area contributed by atoms with Crippen LogP contribution in [-0.4, -0.2) is 16.7 Å². The summed E-state index contributed by atoms with van der Waals surface area (Å²) >= 11 is 0. The topological polar surface area (TPSA) is 104 Å². The highest BCUT2D eigenvalue weighted by Crippen LogP contribution is 2.19. The molecule has 0 radical (unpaired) electrons. The predicted octanol–water partition coefficient (Wildman–Crippen LogP) is 3.81. The normalized spacial score (nSPS) is 10.8. The third kappa shape index (κ3) is 4.96. The molecule has 0 fully saturated rings. The summed E-state index contributed by atoms with van der Waals surface area (Å²) in [6.45, 7) is 3.80. The van der Waals surface area contributed by atoms with Gasteiger partial charge in [-0.3, -0.25) is 9.59 Å². The minimum atomic E-state index is -0.739. The molecule has 0 aliphatic rings. The van der Waals surface area contributed by atoms with E-state index in [0.717, 1.165) is 11.1 Å². The Labute approximate surface area is 195 Å². The smallest absolute Gasteiger partial charge is 0.322 e. The van der Waals surface area contributed by atoms with Crippen LogP contribution in [0.5, 0.6) is 11.5 Å². The van der Waals surface area contributed by atoms with Crippen molar-refractivity contribution in [2.75, 3.05) is 0 Å². The van der Waals surface area contributed by atoms with Crippen LogP contribution in [0.15, 0.2) is 72.8 Å². The number of aromatic nitrogens is 2. The summed E-state index contributed by atoms with van der Waals surface area (Å²) in [7, 11) is 0. The molecular weight excluding hydrogens is 436 g/mol. The van der Waals surface area contributed by atoms with Crippen molar-refractivity contribution in [3.8, 4) is 11.5 Å². The molecule has 0 amide bonds. The lowest BCUT2D eigenvalue weighted by Crippen LogP contribution is -2.32. The van der Waals surface area contributed by atoms with Gasteiger partial charge in [0.25, 0.3) is 11.2 Å². The average molecular weight is 458 g/mol. The van der Waals surface area contributed by atoms with Gasteiger partial charge in [0.1, 0.15) is 23.4 Å². The molecule has 4 rings (SSSR count). The van der Waals surface area contributed by atoms with Crippen LogP contribution >= 0.6 is 0 Å². The largest absolute Gasteiger partial charge is 0.805 e. The summed E-state index contributed by atoms with van der Waals surface area (Å²) in [5.74, 6) is -0.859. The first-order valence-electron chi connectivity index (χ1n) is 10.6. The van der Waals surface area contributed by atoms with Crippen LogP contribution in [0, 0.1) is 24.0 Å². The number of carbonyl (C=O) groups is 2. The Morgan fingerprint density at radius 2 is 1.29 bits per heavy atom. The number of rotatable bonds is 6. The molecule has 0 aliphatic carbocycles. The summed E-state index contributed by atoms with van der Waals surface area (Å²) < 4.78 is 11.6. The number of para-hydroxylation sites is 2. The number of aryl methyl sites for hydroxylation is 2. The fraction of sp³-hybridized carbons (Fsp3) is 0.154. The van der Waals surface area contributed by atoms with E-state index in [9.17, 15) is 19.7 Å². The van der Waals surface area contributed by atoms with Crippen molar-refractivity contribution >= 4 is 23.0 Å². The van der Waals surface area contributed by atoms with E-state index in [2.05, 4.69) is 0 Å². The second-order valence-electron chi connectivity index (χ2n) is 7.90. The molecule has 0 spiro atoms. The molecule has 0 bridgehead atoms. The van der Waals surface area contributed by atoms with E-state index in [-0.39, 0.29) is 22.4 Å². The van der Waals surface area contributed by atoms with Gasteiger partial charge in [-0.1, -0.05) is 47.5 Å². The molecule has 1 aromatic heterocycles. The van der Waals surface area contributed by atoms with Crippen LogP contribution in [0.2, 0.25) is 0 Å². The number of ether oxygens (including phenoxy) is 2. The minimum Gasteiger partial charge on any atom is -0.805 e. The summed E-state index contributed by atoms with van der Waals surface area (Å²) in [6.07, 6.45) is -1.00. The zero-order valence-electron chi connectivity index (χ0n) is 18.7. The van der Waals surface area contributed by atoms with Crippen molar-refractivity contribution in [3.63, 3.8) is 0 Å². The molecule has 0 atom stereocenters. The van der Waals surface area contributed by atoms with Crippen molar-refractivity contribution in [2.45, 2.75) is 26.7 Å². The SMILES string of the molecule is Cc1ccc(OC(=O)Cc2c(CC(=O)Oc3ccc(C)cc3)[n+](=O)c3ccccc3n2[O-])cc1. The molecule has 0 saturated carbocycles. The Balaban J connectivity index is 1.67. The highest BCUT2D eigenvalue weighted by molar-refractivity contribution is 5.79. The lowest BCUT2D eigenvalue weighted by atomic mass is 10.1. The van der Waals surface area contributed by atoms with E-state index in [4.69, 9.17) is 9.47 Å². The predicted molar refractivity (Wildman–Crippen MR) is 125 cm³/mol. The van der Waals surface area contributed by atoms with E-state index < -0.39 is 24.8 Å². The summed E-state index contributed by atoms with van der Waals surface area (Å²) in [4.78, 5) is 38.4. The van der Waals surface area contributed by atoms with Crippen molar-refractivity contribution < 1.29 is 23.5 Å². The van der Waals surface area contributed by atoms with Gasteiger partial charge in [-0.2, -0.15) is 0 Å². The first kappa shape index (κ1) is 22.7. The van der Waals surface area contributed by atoms with Crippen molar-refractivity contribution in [2.24, 2.45) is 0 Å². The van der Waals surface area contributed by atoms with Gasteiger partial charge < -0.3 is 19.4 Å². The number of hydrogen-bond acceptors (Lipinski definition) is 6. The second kappa shape index (κ2) is 9.58. The fourth-order valence-corrected chi connectivity index (χ4v) is 3.50. The standard InChI is InChI=1S/C26H22N2O6/c1-17-7-11-19(12-8-17)33-25(29)15-23-24(16-26(30)34-20-13-9-18(2)10-14-20)28(32)22-6-4-3-5-21(22)27(23)31/h3-14H,15-16H2,1-2H3. The molecule has 8 heteroatoms. The number of nitrogens with zero attached hydrogens (tertiary/aromatic N) is 2. The molecule has 0 aliphatic heterocycles. The highest BCUT2D eigenvalue weighted by atomic mass is 16.5. The maximum absolute atomic E-state index is 13.1. The molecule has 172 valence electrons. The fourth-order valence-electron chi connectivity index (χ4n) is 3.50. The Morgan fingerprint density at radius 1 is 0.794 bits per heavy atom. The van der Waals surface area contributed by atoms with E-state index in [1.54, 1.807) is 60.7 Å². The molecular formula is C26H22N2O6. The zero-order chi connectivity index (χ0) is 24.2. The Morgan fingerprint density at radius 3 is 1.85 bits per heavy atom. The van der Waals surface area contributed by atoms with Crippen LogP contribution in [0.25, 0.3) is 11.0 Å². The Bertz CT molecular complexity index is 1420. The number of carbonyl (C=O) groups excluding carboxylic acids is 2. The Kier molecular flexibility index (Phi) is 6.40. The van der Waals surface area contributed by atoms with Crippen molar-refractivity contribution in [3.05, 3.63) is 105 Å². The summed E-state index contributed by atoms with van der Waals surface area (Å²) in [5.41, 5.74) is 1.79. The third-order valence-electron chi connectivity index (χ3n) is 5.27. The molecule has 1 heterocycles. The van der Waals surface area contributed by atoms with Gasteiger partial charge in [0.2, 0.25) is 0 Å². The maximum Gasteiger partial charge on any atom is 0.322 e. The zero-order valence-corrected chi connectivity index (χ0v) is 18.7. The molecule has 34 heavy (non-hydrogen) atoms. The first-order chi connectivity index (χ1) is 16.3. The molecule has 4 aromatic rings. The van der Waals surface area contributed by atoms with Gasteiger partial charge in [0, 0.05) is 11.0 Å². The highest BCUT2D eigenvalue weighted by Gasteiger charge is 2.27. The van der Waals surface area contributed by atoms with Crippen molar-refractivity contribution in [1.29, 1.82) is 0 Å². The molecule has 8 nitrogen and oxygen atoms in total. The summed E-state index contributed by atoms with van der Waals surface area (Å²) in [5, 5.41) is 13.1. The first-order valence-corrected chi connectivity index (χ1v) is 10.6. The van der Waals surface area contributed by atoms with E-state index >= 15 is 0 Å². The van der Waals surface area contributed by atoms with E-state index in [0.29, 0.717) is 20.7 Å². The van der Waals surface area contributed by atoms with Crippen LogP contribution in [0.4, 0.5) is 0 Å². The molecule has 0 N–H and O–H groups in total. The Hall–Kier alpha value is -4.46. The van der Waals surface area contributed by atoms with Gasteiger partial charge >= 0.3 is 11.9 Å². The quantitative estimate of drug-likeness (QED) is 0.247. The lowest BCUT2D eigenvalue weighted by molar-refractivity contribution is -0.475. The average Bonchev–Trinajstić information content (AvgIpc) is 2.82. The lowest BCUT2D eigenvalue weighted by Gasteiger charge is -2.18. The van der Waals surface area contributed by atoms with Crippen LogP contribution in [0.1, 0.15) is 22.5 Å². The van der Waals surface area contributed by atoms with Crippen molar-refractivity contribution in [1.82, 2.24) is 4.73 Å². The van der Waals surface area contributed by atoms with Gasteiger partial charge in [-0.25, -0.2) is 0 Å². The third-order valence-corrected chi connectivity index (χ3v) is 5.27. The number of hydrogen-bond donors (Lipinski definition) is 0. The van der Waals surface area contributed by atoms with Crippen LogP contribution in [0.3, 0.4) is 0 Å². The van der Waals surface area contributed by atoms with E-state index in [1.165, 1.54) is 12.1 Å². The monoisotopic (exact) mass is 458 g/mol. The van der Waals surface area contributed by atoms with Gasteiger partial charge in [-0.15, -0.1) is 0 Å². The van der Waals surface area contributed by atoms with Crippen LogP contribution < -0.4 is 13.9 Å². The number of esters is 2. The van der Waals surface area contributed by atoms with Gasteiger partial charge in [-0.05, 0) is 44.2 Å². The minimum absolute atomic E-state index is 0.0753. The molecule has 0 unspecified atom stereocenters. The number of benzene rings is 3. The van der Waals surface area contributed by atoms with E-state index in [1.807, 2.05) is 13.8 Å². The second-order valence-corrected chi connectivity index (χ2v) is 7.90. The van der Waals surface area contributed by atoms with Crippen LogP contribution in [-0.2, 0) is 22.4 Å². The van der Waals surface area contributed by atoms with Gasteiger partial charge in [0.15, 0.2) is 0 Å². The maximum atomic E-state index is 13.1.